The number of aromatic nitrogens is 3. The second-order valence-corrected chi connectivity index (χ2v) is 6.88. The van der Waals surface area contributed by atoms with E-state index >= 15 is 0 Å². The molecule has 1 aliphatic heterocycles. The standard InChI is InChI=1S/C19H19N3O7/c23-7-12-13(24)14(25)15(26)16(29-12)18-20-17(21-22-18)10-3-1-9-6-11(19(27)28)4-2-8(9)5-10/h1-6,12-16,23-26H,7H2,(H,27,28)(H,20,21,22)/t12-,13-,14+,15-,16-/m1/s1. The predicted octanol–water partition coefficient (Wildman–Crippen LogP) is -0.162. The van der Waals surface area contributed by atoms with Crippen LogP contribution in [0, 0.1) is 0 Å². The highest BCUT2D eigenvalue weighted by Gasteiger charge is 2.45. The Labute approximate surface area is 164 Å². The van der Waals surface area contributed by atoms with Gasteiger partial charge in [-0.3, -0.25) is 5.10 Å². The molecule has 3 aromatic rings. The van der Waals surface area contributed by atoms with E-state index < -0.39 is 43.1 Å². The Morgan fingerprint density at radius 2 is 1.76 bits per heavy atom. The van der Waals surface area contributed by atoms with Crippen LogP contribution in [-0.2, 0) is 4.74 Å². The molecule has 0 saturated carbocycles. The van der Waals surface area contributed by atoms with Gasteiger partial charge >= 0.3 is 5.97 Å². The molecule has 0 amide bonds. The van der Waals surface area contributed by atoms with Crippen LogP contribution in [0.4, 0.5) is 0 Å². The monoisotopic (exact) mass is 401 g/mol. The van der Waals surface area contributed by atoms with E-state index in [2.05, 4.69) is 15.2 Å². The molecular weight excluding hydrogens is 382 g/mol. The summed E-state index contributed by atoms with van der Waals surface area (Å²) in [5.41, 5.74) is 0.834. The summed E-state index contributed by atoms with van der Waals surface area (Å²) in [4.78, 5) is 15.4. The third-order valence-electron chi connectivity index (χ3n) is 5.01. The Morgan fingerprint density at radius 1 is 1.03 bits per heavy atom. The smallest absolute Gasteiger partial charge is 0.335 e. The number of hydrogen-bond acceptors (Lipinski definition) is 8. The summed E-state index contributed by atoms with van der Waals surface area (Å²) < 4.78 is 5.47. The molecule has 0 spiro atoms. The summed E-state index contributed by atoms with van der Waals surface area (Å²) in [6.45, 7) is -0.536. The Kier molecular flexibility index (Phi) is 5.03. The van der Waals surface area contributed by atoms with Crippen LogP contribution < -0.4 is 0 Å². The highest BCUT2D eigenvalue weighted by atomic mass is 16.5. The maximum atomic E-state index is 11.1. The number of aliphatic hydroxyl groups is 4. The molecule has 152 valence electrons. The van der Waals surface area contributed by atoms with Crippen molar-refractivity contribution in [1.29, 1.82) is 0 Å². The van der Waals surface area contributed by atoms with E-state index in [1.165, 1.54) is 6.07 Å². The van der Waals surface area contributed by atoms with Crippen LogP contribution in [0.15, 0.2) is 36.4 Å². The fraction of sp³-hybridized carbons (Fsp3) is 0.316. The van der Waals surface area contributed by atoms with Crippen molar-refractivity contribution in [1.82, 2.24) is 15.2 Å². The molecule has 2 heterocycles. The Morgan fingerprint density at radius 3 is 2.48 bits per heavy atom. The van der Waals surface area contributed by atoms with E-state index in [1.54, 1.807) is 30.3 Å². The fourth-order valence-corrected chi connectivity index (χ4v) is 3.38. The third kappa shape index (κ3) is 3.48. The van der Waals surface area contributed by atoms with Crippen molar-refractivity contribution in [3.8, 4) is 11.4 Å². The molecule has 1 aromatic heterocycles. The molecule has 0 radical (unpaired) electrons. The SMILES string of the molecule is O=C(O)c1ccc2cc(-c3n[nH]c([C@@H]4O[C@H](CO)[C@@H](O)[C@H](O)[C@H]4O)n3)ccc2c1. The van der Waals surface area contributed by atoms with Crippen molar-refractivity contribution < 1.29 is 35.1 Å². The number of H-pyrrole nitrogens is 1. The average molecular weight is 401 g/mol. The number of aliphatic hydroxyl groups excluding tert-OH is 4. The lowest BCUT2D eigenvalue weighted by molar-refractivity contribution is -0.233. The molecule has 0 aliphatic carbocycles. The van der Waals surface area contributed by atoms with Gasteiger partial charge in [-0.2, -0.15) is 5.10 Å². The molecule has 1 fully saturated rings. The molecule has 10 nitrogen and oxygen atoms in total. The van der Waals surface area contributed by atoms with Gasteiger partial charge in [0.1, 0.15) is 30.5 Å². The Bertz CT molecular complexity index is 1050. The maximum absolute atomic E-state index is 11.1. The van der Waals surface area contributed by atoms with Crippen LogP contribution in [0.5, 0.6) is 0 Å². The number of rotatable bonds is 4. The lowest BCUT2D eigenvalue weighted by Gasteiger charge is -2.38. The minimum Gasteiger partial charge on any atom is -0.478 e. The number of fused-ring (bicyclic) bond motifs is 1. The van der Waals surface area contributed by atoms with Crippen molar-refractivity contribution in [3.63, 3.8) is 0 Å². The van der Waals surface area contributed by atoms with Crippen LogP contribution in [0.25, 0.3) is 22.2 Å². The molecule has 1 saturated heterocycles. The zero-order chi connectivity index (χ0) is 20.7. The molecule has 4 rings (SSSR count). The van der Waals surface area contributed by atoms with Crippen LogP contribution in [0.2, 0.25) is 0 Å². The van der Waals surface area contributed by atoms with E-state index in [0.717, 1.165) is 10.8 Å². The van der Waals surface area contributed by atoms with Crippen LogP contribution in [0.3, 0.4) is 0 Å². The van der Waals surface area contributed by atoms with Crippen LogP contribution in [-0.4, -0.2) is 77.7 Å². The topological polar surface area (TPSA) is 169 Å². The number of aromatic carboxylic acids is 1. The molecule has 5 atom stereocenters. The van der Waals surface area contributed by atoms with Gasteiger partial charge in [-0.1, -0.05) is 18.2 Å². The molecule has 0 unspecified atom stereocenters. The zero-order valence-corrected chi connectivity index (χ0v) is 15.0. The molecular formula is C19H19N3O7. The number of nitrogens with zero attached hydrogens (tertiary/aromatic N) is 2. The van der Waals surface area contributed by atoms with Crippen LogP contribution in [0.1, 0.15) is 22.3 Å². The van der Waals surface area contributed by atoms with Gasteiger partial charge in [-0.15, -0.1) is 0 Å². The average Bonchev–Trinajstić information content (AvgIpc) is 3.21. The van der Waals surface area contributed by atoms with Crippen molar-refractivity contribution >= 4 is 16.7 Å². The van der Waals surface area contributed by atoms with Gasteiger partial charge in [0.05, 0.1) is 12.2 Å². The van der Waals surface area contributed by atoms with Crippen molar-refractivity contribution in [3.05, 3.63) is 47.8 Å². The highest BCUT2D eigenvalue weighted by molar-refractivity contribution is 5.95. The summed E-state index contributed by atoms with van der Waals surface area (Å²) in [6, 6.07) is 10.0. The first kappa shape index (κ1) is 19.4. The molecule has 29 heavy (non-hydrogen) atoms. The summed E-state index contributed by atoms with van der Waals surface area (Å²) in [5.74, 6) is -0.562. The number of nitrogens with one attached hydrogen (secondary N) is 1. The van der Waals surface area contributed by atoms with E-state index in [4.69, 9.17) is 9.84 Å². The van der Waals surface area contributed by atoms with E-state index in [0.29, 0.717) is 11.4 Å². The largest absolute Gasteiger partial charge is 0.478 e. The number of aromatic amines is 1. The highest BCUT2D eigenvalue weighted by Crippen LogP contribution is 2.31. The number of carbonyl (C=O) groups is 1. The van der Waals surface area contributed by atoms with Gasteiger partial charge in [0.25, 0.3) is 0 Å². The minimum atomic E-state index is -1.51. The van der Waals surface area contributed by atoms with Gasteiger partial charge < -0.3 is 30.3 Å². The second kappa shape index (κ2) is 7.50. The van der Waals surface area contributed by atoms with Crippen LogP contribution >= 0.6 is 0 Å². The first-order valence-electron chi connectivity index (χ1n) is 8.89. The number of ether oxygens (including phenoxy) is 1. The first-order chi connectivity index (χ1) is 13.9. The van der Waals surface area contributed by atoms with Crippen molar-refractivity contribution in [2.75, 3.05) is 6.61 Å². The second-order valence-electron chi connectivity index (χ2n) is 6.88. The van der Waals surface area contributed by atoms with E-state index in [1.807, 2.05) is 0 Å². The van der Waals surface area contributed by atoms with Crippen molar-refractivity contribution in [2.24, 2.45) is 0 Å². The third-order valence-corrected chi connectivity index (χ3v) is 5.01. The molecule has 2 aromatic carbocycles. The zero-order valence-electron chi connectivity index (χ0n) is 15.0. The number of benzene rings is 2. The summed E-state index contributed by atoms with van der Waals surface area (Å²) >= 11 is 0. The van der Waals surface area contributed by atoms with Gasteiger partial charge in [0.2, 0.25) is 0 Å². The molecule has 6 N–H and O–H groups in total. The lowest BCUT2D eigenvalue weighted by Crippen LogP contribution is -2.55. The maximum Gasteiger partial charge on any atom is 0.335 e. The molecule has 1 aliphatic rings. The normalized spacial score (nSPS) is 27.2. The van der Waals surface area contributed by atoms with Gasteiger partial charge in [-0.25, -0.2) is 9.78 Å². The van der Waals surface area contributed by atoms with E-state index in [-0.39, 0.29) is 11.4 Å². The Hall–Kier alpha value is -2.89. The van der Waals surface area contributed by atoms with E-state index in [9.17, 15) is 25.2 Å². The predicted molar refractivity (Wildman–Crippen MR) is 99.0 cm³/mol. The molecule has 0 bridgehead atoms. The fourth-order valence-electron chi connectivity index (χ4n) is 3.38. The van der Waals surface area contributed by atoms with Gasteiger partial charge in [0.15, 0.2) is 11.6 Å². The lowest BCUT2D eigenvalue weighted by atomic mass is 9.95. The van der Waals surface area contributed by atoms with Crippen molar-refractivity contribution in [2.45, 2.75) is 30.5 Å². The minimum absolute atomic E-state index is 0.137. The number of carboxylic acid groups (broad SMARTS) is 1. The summed E-state index contributed by atoms with van der Waals surface area (Å²) in [6.07, 6.45) is -6.57. The first-order valence-corrected chi connectivity index (χ1v) is 8.89. The van der Waals surface area contributed by atoms with Gasteiger partial charge in [0, 0.05) is 5.56 Å². The summed E-state index contributed by atoms with van der Waals surface area (Å²) in [7, 11) is 0. The Balaban J connectivity index is 1.63. The number of hydrogen-bond donors (Lipinski definition) is 6. The molecule has 10 heteroatoms. The number of carboxylic acids is 1. The van der Waals surface area contributed by atoms with Gasteiger partial charge in [-0.05, 0) is 29.0 Å². The quantitative estimate of drug-likeness (QED) is 0.348. The summed E-state index contributed by atoms with van der Waals surface area (Å²) in [5, 5.41) is 56.8.